The second-order valence-electron chi connectivity index (χ2n) is 5.23. The molecule has 2 amide bonds. The van der Waals surface area contributed by atoms with Crippen LogP contribution in [0.5, 0.6) is 0 Å². The highest BCUT2D eigenvalue weighted by molar-refractivity contribution is 6.08. The predicted molar refractivity (Wildman–Crippen MR) is 63.4 cm³/mol. The Kier molecular flexibility index (Phi) is 3.68. The lowest BCUT2D eigenvalue weighted by molar-refractivity contribution is -0.154. The van der Waals surface area contributed by atoms with E-state index in [9.17, 15) is 14.4 Å². The topological polar surface area (TPSA) is 63.7 Å². The molecule has 0 aromatic rings. The predicted octanol–water partition coefficient (Wildman–Crippen LogP) is 1.11. The van der Waals surface area contributed by atoms with Crippen molar-refractivity contribution in [1.82, 2.24) is 4.90 Å². The monoisotopic (exact) mass is 253 g/mol. The number of carbonyl (C=O) groups excluding carboxylic acids is 3. The summed E-state index contributed by atoms with van der Waals surface area (Å²) in [5, 5.41) is 0. The smallest absolute Gasteiger partial charge is 0.318 e. The van der Waals surface area contributed by atoms with E-state index in [0.29, 0.717) is 31.8 Å². The van der Waals surface area contributed by atoms with Gasteiger partial charge in [0.15, 0.2) is 0 Å². The first kappa shape index (κ1) is 13.1. The lowest BCUT2D eigenvalue weighted by atomic mass is 10.0. The second-order valence-corrected chi connectivity index (χ2v) is 5.23. The van der Waals surface area contributed by atoms with Gasteiger partial charge in [-0.15, -0.1) is 0 Å². The Bertz CT molecular complexity index is 379. The van der Waals surface area contributed by atoms with Crippen LogP contribution in [-0.4, -0.2) is 35.3 Å². The largest absolute Gasteiger partial charge is 0.465 e. The van der Waals surface area contributed by atoms with E-state index >= 15 is 0 Å². The summed E-state index contributed by atoms with van der Waals surface area (Å²) in [4.78, 5) is 36.5. The van der Waals surface area contributed by atoms with Crippen LogP contribution >= 0.6 is 0 Å². The van der Waals surface area contributed by atoms with Crippen LogP contribution in [0.3, 0.4) is 0 Å². The summed E-state index contributed by atoms with van der Waals surface area (Å²) in [5.74, 6) is -1.45. The number of fused-ring (bicyclic) bond motifs is 1. The van der Waals surface area contributed by atoms with Crippen LogP contribution in [0.15, 0.2) is 0 Å². The molecule has 5 nitrogen and oxygen atoms in total. The van der Waals surface area contributed by atoms with E-state index in [1.807, 2.05) is 13.8 Å². The number of ether oxygens (including phenoxy) is 1. The van der Waals surface area contributed by atoms with E-state index in [2.05, 4.69) is 0 Å². The Labute approximate surface area is 106 Å². The zero-order valence-corrected chi connectivity index (χ0v) is 10.8. The van der Waals surface area contributed by atoms with Crippen LogP contribution in [0, 0.1) is 11.8 Å². The van der Waals surface area contributed by atoms with Crippen molar-refractivity contribution < 1.29 is 19.1 Å². The molecule has 0 N–H and O–H groups in total. The molecule has 0 spiro atoms. The molecule has 2 rings (SSSR count). The lowest BCUT2D eigenvalue weighted by Gasteiger charge is -2.13. The van der Waals surface area contributed by atoms with Gasteiger partial charge in [-0.05, 0) is 18.8 Å². The van der Waals surface area contributed by atoms with Gasteiger partial charge >= 0.3 is 5.97 Å². The van der Waals surface area contributed by atoms with Crippen molar-refractivity contribution in [2.24, 2.45) is 11.8 Å². The number of imide groups is 1. The van der Waals surface area contributed by atoms with Crippen LogP contribution in [0.25, 0.3) is 0 Å². The fourth-order valence-corrected chi connectivity index (χ4v) is 2.45. The van der Waals surface area contributed by atoms with Crippen molar-refractivity contribution in [3.8, 4) is 0 Å². The molecule has 100 valence electrons. The summed E-state index contributed by atoms with van der Waals surface area (Å²) in [6, 6.07) is -0.0776. The van der Waals surface area contributed by atoms with E-state index in [1.54, 1.807) is 0 Å². The van der Waals surface area contributed by atoms with Gasteiger partial charge in [0, 0.05) is 12.5 Å². The summed E-state index contributed by atoms with van der Waals surface area (Å²) in [7, 11) is 0. The number of esters is 1. The maximum atomic E-state index is 12.0. The molecule has 18 heavy (non-hydrogen) atoms. The van der Waals surface area contributed by atoms with E-state index in [1.165, 1.54) is 4.90 Å². The third-order valence-corrected chi connectivity index (χ3v) is 3.86. The minimum atomic E-state index is -0.761. The van der Waals surface area contributed by atoms with Crippen molar-refractivity contribution in [2.45, 2.75) is 45.6 Å². The highest BCUT2D eigenvalue weighted by Crippen LogP contribution is 2.34. The third-order valence-electron chi connectivity index (χ3n) is 3.86. The molecule has 2 aliphatic heterocycles. The molecule has 0 aromatic heterocycles. The molecule has 0 bridgehead atoms. The number of carbonyl (C=O) groups is 3. The zero-order valence-electron chi connectivity index (χ0n) is 10.8. The van der Waals surface area contributed by atoms with Crippen LogP contribution in [0.1, 0.15) is 39.5 Å². The normalized spacial score (nSPS) is 28.4. The van der Waals surface area contributed by atoms with Crippen molar-refractivity contribution in [1.29, 1.82) is 0 Å². The first-order chi connectivity index (χ1) is 8.54. The minimum absolute atomic E-state index is 0.0776. The first-order valence-corrected chi connectivity index (χ1v) is 6.57. The van der Waals surface area contributed by atoms with Crippen molar-refractivity contribution in [3.63, 3.8) is 0 Å². The Balaban J connectivity index is 1.93. The van der Waals surface area contributed by atoms with Crippen molar-refractivity contribution in [3.05, 3.63) is 0 Å². The Hall–Kier alpha value is -1.39. The Morgan fingerprint density at radius 1 is 1.50 bits per heavy atom. The van der Waals surface area contributed by atoms with Gasteiger partial charge in [0.1, 0.15) is 5.92 Å². The molecular weight excluding hydrogens is 234 g/mol. The standard InChI is InChI=1S/C13H19NO4/c1-3-8(2)7-18-13(17)10-6-9-4-5-11(15)14(9)12(10)16/h8-10H,3-7H2,1-2H3. The molecule has 0 aliphatic carbocycles. The van der Waals surface area contributed by atoms with Gasteiger partial charge in [-0.3, -0.25) is 19.3 Å². The van der Waals surface area contributed by atoms with E-state index < -0.39 is 11.9 Å². The van der Waals surface area contributed by atoms with Gasteiger partial charge in [-0.2, -0.15) is 0 Å². The number of hydrogen-bond donors (Lipinski definition) is 0. The molecule has 2 aliphatic rings. The molecule has 3 atom stereocenters. The maximum Gasteiger partial charge on any atom is 0.318 e. The third kappa shape index (κ3) is 2.26. The summed E-state index contributed by atoms with van der Waals surface area (Å²) < 4.78 is 5.15. The molecule has 3 unspecified atom stereocenters. The van der Waals surface area contributed by atoms with Gasteiger partial charge in [0.05, 0.1) is 6.61 Å². The molecule has 2 heterocycles. The number of amides is 2. The molecular formula is C13H19NO4. The van der Waals surface area contributed by atoms with Crippen LogP contribution < -0.4 is 0 Å². The molecule has 2 saturated heterocycles. The minimum Gasteiger partial charge on any atom is -0.465 e. The zero-order chi connectivity index (χ0) is 13.3. The van der Waals surface area contributed by atoms with Gasteiger partial charge in [-0.1, -0.05) is 20.3 Å². The summed E-state index contributed by atoms with van der Waals surface area (Å²) in [6.45, 7) is 4.36. The number of nitrogens with zero attached hydrogens (tertiary/aromatic N) is 1. The maximum absolute atomic E-state index is 12.0. The van der Waals surface area contributed by atoms with Crippen LogP contribution in [0.4, 0.5) is 0 Å². The van der Waals surface area contributed by atoms with E-state index in [-0.39, 0.29) is 17.9 Å². The van der Waals surface area contributed by atoms with Crippen molar-refractivity contribution in [2.75, 3.05) is 6.61 Å². The SMILES string of the molecule is CCC(C)COC(=O)C1CC2CCC(=O)N2C1=O. The van der Waals surface area contributed by atoms with E-state index in [0.717, 1.165) is 6.42 Å². The fraction of sp³-hybridized carbons (Fsp3) is 0.769. The second kappa shape index (κ2) is 5.08. The number of hydrogen-bond acceptors (Lipinski definition) is 4. The average Bonchev–Trinajstić information content (AvgIpc) is 2.88. The van der Waals surface area contributed by atoms with Crippen LogP contribution in [-0.2, 0) is 19.1 Å². The lowest BCUT2D eigenvalue weighted by Crippen LogP contribution is -2.35. The van der Waals surface area contributed by atoms with Gasteiger partial charge in [0.2, 0.25) is 11.8 Å². The molecule has 0 radical (unpaired) electrons. The average molecular weight is 253 g/mol. The fourth-order valence-electron chi connectivity index (χ4n) is 2.45. The summed E-state index contributed by atoms with van der Waals surface area (Å²) in [5.41, 5.74) is 0. The summed E-state index contributed by atoms with van der Waals surface area (Å²) >= 11 is 0. The molecule has 0 aromatic carbocycles. The Morgan fingerprint density at radius 3 is 2.83 bits per heavy atom. The van der Waals surface area contributed by atoms with Crippen LogP contribution in [0.2, 0.25) is 0 Å². The molecule has 2 fully saturated rings. The quantitative estimate of drug-likeness (QED) is 0.428. The van der Waals surface area contributed by atoms with Gasteiger partial charge in [0.25, 0.3) is 0 Å². The first-order valence-electron chi connectivity index (χ1n) is 6.57. The summed E-state index contributed by atoms with van der Waals surface area (Å²) in [6.07, 6.45) is 2.47. The number of rotatable bonds is 4. The Morgan fingerprint density at radius 2 is 2.22 bits per heavy atom. The van der Waals surface area contributed by atoms with Gasteiger partial charge in [-0.25, -0.2) is 0 Å². The van der Waals surface area contributed by atoms with Gasteiger partial charge < -0.3 is 4.74 Å². The highest BCUT2D eigenvalue weighted by atomic mass is 16.5. The molecule has 5 heteroatoms. The van der Waals surface area contributed by atoms with E-state index in [4.69, 9.17) is 4.74 Å². The molecule has 0 saturated carbocycles. The highest BCUT2D eigenvalue weighted by Gasteiger charge is 2.49. The van der Waals surface area contributed by atoms with Crippen molar-refractivity contribution >= 4 is 17.8 Å².